The minimum Gasteiger partial charge on any atom is -0.309 e. The summed E-state index contributed by atoms with van der Waals surface area (Å²) in [6, 6.07) is 65.6. The zero-order chi connectivity index (χ0) is 34.3. The highest BCUT2D eigenvalue weighted by molar-refractivity contribution is 6.25. The molecular formula is C49H29N3. The first-order valence-electron chi connectivity index (χ1n) is 17.7. The van der Waals surface area contributed by atoms with Gasteiger partial charge in [-0.3, -0.25) is 0 Å². The normalized spacial score (nSPS) is 11.8. The third-order valence-electron chi connectivity index (χ3n) is 10.9. The molecule has 0 aliphatic carbocycles. The fourth-order valence-electron chi connectivity index (χ4n) is 8.58. The molecule has 0 unspecified atom stereocenters. The van der Waals surface area contributed by atoms with Gasteiger partial charge < -0.3 is 9.13 Å². The lowest BCUT2D eigenvalue weighted by molar-refractivity contribution is 1.18. The van der Waals surface area contributed by atoms with E-state index < -0.39 is 0 Å². The lowest BCUT2D eigenvalue weighted by Crippen LogP contribution is -1.94. The fraction of sp³-hybridized carbons (Fsp3) is 0. The molecule has 11 aromatic rings. The van der Waals surface area contributed by atoms with Crippen LogP contribution < -0.4 is 0 Å². The molecule has 0 aliphatic rings. The standard InChI is InChI=1S/C49H29N3/c50-30-31-17-21-34(22-18-31)51-46-15-7-5-13-41(46)44-27-32(19-25-48(44)51)33-20-26-49-45(28-33)42-14-6-8-16-47(42)52(49)35-23-24-40-38-11-2-1-9-36(38)37-10-3-4-12-39(37)43(40)29-35/h1-29H. The van der Waals surface area contributed by atoms with E-state index in [4.69, 9.17) is 0 Å². The maximum absolute atomic E-state index is 9.37. The lowest BCUT2D eigenvalue weighted by atomic mass is 9.94. The number of para-hydroxylation sites is 2. The molecule has 3 heteroatoms. The number of aromatic nitrogens is 2. The number of rotatable bonds is 3. The minimum absolute atomic E-state index is 0.659. The van der Waals surface area contributed by atoms with E-state index in [1.54, 1.807) is 0 Å². The Labute approximate surface area is 299 Å². The highest BCUT2D eigenvalue weighted by Crippen LogP contribution is 2.40. The van der Waals surface area contributed by atoms with Gasteiger partial charge in [-0.05, 0) is 116 Å². The summed E-state index contributed by atoms with van der Waals surface area (Å²) in [4.78, 5) is 0. The van der Waals surface area contributed by atoms with Crippen LogP contribution in [0.4, 0.5) is 0 Å². The van der Waals surface area contributed by atoms with E-state index in [1.807, 2.05) is 24.3 Å². The van der Waals surface area contributed by atoms with Crippen molar-refractivity contribution in [3.8, 4) is 28.6 Å². The van der Waals surface area contributed by atoms with Crippen LogP contribution in [0.1, 0.15) is 5.56 Å². The monoisotopic (exact) mass is 659 g/mol. The molecular weight excluding hydrogens is 631 g/mol. The summed E-state index contributed by atoms with van der Waals surface area (Å²) >= 11 is 0. The third-order valence-corrected chi connectivity index (χ3v) is 10.9. The van der Waals surface area contributed by atoms with Gasteiger partial charge in [-0.25, -0.2) is 0 Å². The van der Waals surface area contributed by atoms with Crippen LogP contribution in [-0.2, 0) is 0 Å². The summed E-state index contributed by atoms with van der Waals surface area (Å²) in [5.74, 6) is 0. The van der Waals surface area contributed by atoms with Gasteiger partial charge in [-0.2, -0.15) is 5.26 Å². The van der Waals surface area contributed by atoms with Crippen LogP contribution in [0, 0.1) is 11.3 Å². The number of fused-ring (bicyclic) bond motifs is 12. The van der Waals surface area contributed by atoms with Gasteiger partial charge in [0, 0.05) is 32.9 Å². The molecule has 9 aromatic carbocycles. The molecule has 0 N–H and O–H groups in total. The fourth-order valence-corrected chi connectivity index (χ4v) is 8.58. The van der Waals surface area contributed by atoms with E-state index in [0.717, 1.165) is 22.4 Å². The number of hydrogen-bond donors (Lipinski definition) is 0. The average molecular weight is 660 g/mol. The molecule has 3 nitrogen and oxygen atoms in total. The van der Waals surface area contributed by atoms with Crippen molar-refractivity contribution in [3.05, 3.63) is 181 Å². The first kappa shape index (κ1) is 28.7. The summed E-state index contributed by atoms with van der Waals surface area (Å²) in [7, 11) is 0. The molecule has 0 saturated carbocycles. The Bertz CT molecular complexity index is 3260. The zero-order valence-electron chi connectivity index (χ0n) is 28.1. The molecule has 2 aromatic heterocycles. The average Bonchev–Trinajstić information content (AvgIpc) is 3.73. The highest BCUT2D eigenvalue weighted by atomic mass is 15.0. The maximum Gasteiger partial charge on any atom is 0.0991 e. The van der Waals surface area contributed by atoms with Crippen molar-refractivity contribution in [1.82, 2.24) is 9.13 Å². The second-order valence-electron chi connectivity index (χ2n) is 13.6. The summed E-state index contributed by atoms with van der Waals surface area (Å²) in [6.07, 6.45) is 0. The van der Waals surface area contributed by atoms with Crippen molar-refractivity contribution < 1.29 is 0 Å². The Kier molecular flexibility index (Phi) is 6.02. The number of benzene rings is 9. The molecule has 11 rings (SSSR count). The van der Waals surface area contributed by atoms with Gasteiger partial charge in [0.25, 0.3) is 0 Å². The van der Waals surface area contributed by atoms with E-state index in [2.05, 4.69) is 167 Å². The smallest absolute Gasteiger partial charge is 0.0991 e. The van der Waals surface area contributed by atoms with Gasteiger partial charge >= 0.3 is 0 Å². The molecule has 52 heavy (non-hydrogen) atoms. The summed E-state index contributed by atoms with van der Waals surface area (Å²) in [5.41, 5.74) is 9.89. The van der Waals surface area contributed by atoms with Crippen molar-refractivity contribution in [2.75, 3.05) is 0 Å². The Hall–Kier alpha value is -7.15. The third kappa shape index (κ3) is 4.07. The predicted octanol–water partition coefficient (Wildman–Crippen LogP) is 12.9. The van der Waals surface area contributed by atoms with Crippen LogP contribution >= 0.6 is 0 Å². The Morgan fingerprint density at radius 2 is 0.712 bits per heavy atom. The number of hydrogen-bond acceptors (Lipinski definition) is 1. The van der Waals surface area contributed by atoms with Gasteiger partial charge in [0.1, 0.15) is 0 Å². The van der Waals surface area contributed by atoms with Gasteiger partial charge in [0.2, 0.25) is 0 Å². The van der Waals surface area contributed by atoms with Crippen molar-refractivity contribution in [1.29, 1.82) is 5.26 Å². The van der Waals surface area contributed by atoms with Crippen LogP contribution in [-0.4, -0.2) is 9.13 Å². The minimum atomic E-state index is 0.659. The molecule has 0 aliphatic heterocycles. The van der Waals surface area contributed by atoms with Crippen molar-refractivity contribution >= 4 is 75.9 Å². The van der Waals surface area contributed by atoms with Gasteiger partial charge in [-0.15, -0.1) is 0 Å². The van der Waals surface area contributed by atoms with E-state index in [0.29, 0.717) is 5.56 Å². The molecule has 0 fully saturated rings. The summed E-state index contributed by atoms with van der Waals surface area (Å²) in [5, 5.41) is 21.9. The van der Waals surface area contributed by atoms with Gasteiger partial charge in [0.05, 0.1) is 33.7 Å². The first-order chi connectivity index (χ1) is 25.7. The topological polar surface area (TPSA) is 33.6 Å². The van der Waals surface area contributed by atoms with E-state index in [9.17, 15) is 5.26 Å². The quantitative estimate of drug-likeness (QED) is 0.174. The van der Waals surface area contributed by atoms with Crippen LogP contribution in [0.15, 0.2) is 176 Å². The van der Waals surface area contributed by atoms with E-state index in [-0.39, 0.29) is 0 Å². The summed E-state index contributed by atoms with van der Waals surface area (Å²) in [6.45, 7) is 0. The predicted molar refractivity (Wildman–Crippen MR) is 218 cm³/mol. The largest absolute Gasteiger partial charge is 0.309 e. The van der Waals surface area contributed by atoms with Crippen LogP contribution in [0.5, 0.6) is 0 Å². The summed E-state index contributed by atoms with van der Waals surface area (Å²) < 4.78 is 4.72. The first-order valence-corrected chi connectivity index (χ1v) is 17.7. The number of nitrogens with zero attached hydrogens (tertiary/aromatic N) is 3. The van der Waals surface area contributed by atoms with E-state index in [1.165, 1.54) is 76.0 Å². The molecule has 0 bridgehead atoms. The van der Waals surface area contributed by atoms with E-state index >= 15 is 0 Å². The second kappa shape index (κ2) is 10.9. The molecule has 0 saturated heterocycles. The van der Waals surface area contributed by atoms with Gasteiger partial charge in [0.15, 0.2) is 0 Å². The SMILES string of the molecule is N#Cc1ccc(-n2c3ccccc3c3cc(-c4ccc5c(c4)c4ccccc4n5-c4ccc5c6ccccc6c6ccccc6c5c4)ccc32)cc1. The highest BCUT2D eigenvalue weighted by Gasteiger charge is 2.17. The molecule has 0 amide bonds. The zero-order valence-corrected chi connectivity index (χ0v) is 28.1. The van der Waals surface area contributed by atoms with Crippen molar-refractivity contribution in [2.24, 2.45) is 0 Å². The Morgan fingerprint density at radius 1 is 0.308 bits per heavy atom. The molecule has 240 valence electrons. The maximum atomic E-state index is 9.37. The second-order valence-corrected chi connectivity index (χ2v) is 13.6. The Morgan fingerprint density at radius 3 is 1.23 bits per heavy atom. The molecule has 0 radical (unpaired) electrons. The van der Waals surface area contributed by atoms with Crippen molar-refractivity contribution in [2.45, 2.75) is 0 Å². The molecule has 2 heterocycles. The molecule has 0 atom stereocenters. The van der Waals surface area contributed by atoms with Crippen LogP contribution in [0.2, 0.25) is 0 Å². The molecule has 0 spiro atoms. The van der Waals surface area contributed by atoms with Crippen LogP contribution in [0.25, 0.3) is 98.4 Å². The van der Waals surface area contributed by atoms with Crippen molar-refractivity contribution in [3.63, 3.8) is 0 Å². The Balaban J connectivity index is 1.10. The van der Waals surface area contributed by atoms with Gasteiger partial charge in [-0.1, -0.05) is 103 Å². The van der Waals surface area contributed by atoms with Crippen LogP contribution in [0.3, 0.4) is 0 Å². The number of nitriles is 1. The lowest BCUT2D eigenvalue weighted by Gasteiger charge is -2.14.